The molecule has 1 unspecified atom stereocenters. The molecule has 100 valence electrons. The first-order valence-electron chi connectivity index (χ1n) is 6.86. The second-order valence-corrected chi connectivity index (χ2v) is 5.05. The SMILES string of the molecule is CCCC(CCCN)C(=O)N1CCN(C)CC1. The number of nitrogens with two attached hydrogens (primary N) is 1. The summed E-state index contributed by atoms with van der Waals surface area (Å²) in [6.07, 6.45) is 4.00. The van der Waals surface area contributed by atoms with E-state index in [0.29, 0.717) is 12.5 Å². The van der Waals surface area contributed by atoms with Crippen LogP contribution in [0.3, 0.4) is 0 Å². The Bertz CT molecular complexity index is 225. The standard InChI is InChI=1S/C13H27N3O/c1-3-5-12(6-4-7-14)13(17)16-10-8-15(2)9-11-16/h12H,3-11,14H2,1-2H3. The van der Waals surface area contributed by atoms with Gasteiger partial charge in [-0.2, -0.15) is 0 Å². The number of nitrogens with zero attached hydrogens (tertiary/aromatic N) is 2. The molecule has 1 aliphatic heterocycles. The summed E-state index contributed by atoms with van der Waals surface area (Å²) in [7, 11) is 2.11. The van der Waals surface area contributed by atoms with Gasteiger partial charge in [0.15, 0.2) is 0 Å². The van der Waals surface area contributed by atoms with Gasteiger partial charge in [-0.1, -0.05) is 13.3 Å². The van der Waals surface area contributed by atoms with Crippen LogP contribution in [0.25, 0.3) is 0 Å². The zero-order valence-electron chi connectivity index (χ0n) is 11.3. The maximum atomic E-state index is 12.4. The van der Waals surface area contributed by atoms with Crippen LogP contribution in [0.5, 0.6) is 0 Å². The molecule has 17 heavy (non-hydrogen) atoms. The lowest BCUT2D eigenvalue weighted by Crippen LogP contribution is -2.49. The molecule has 0 aromatic heterocycles. The van der Waals surface area contributed by atoms with Crippen molar-refractivity contribution in [1.29, 1.82) is 0 Å². The average molecular weight is 241 g/mol. The Balaban J connectivity index is 2.45. The highest BCUT2D eigenvalue weighted by atomic mass is 16.2. The molecular weight excluding hydrogens is 214 g/mol. The molecule has 1 saturated heterocycles. The van der Waals surface area contributed by atoms with Crippen LogP contribution in [-0.4, -0.2) is 55.5 Å². The van der Waals surface area contributed by atoms with Crippen LogP contribution < -0.4 is 5.73 Å². The molecule has 4 heteroatoms. The van der Waals surface area contributed by atoms with Crippen molar-refractivity contribution in [3.8, 4) is 0 Å². The molecule has 0 saturated carbocycles. The van der Waals surface area contributed by atoms with Crippen molar-refractivity contribution in [2.24, 2.45) is 11.7 Å². The van der Waals surface area contributed by atoms with Crippen molar-refractivity contribution in [1.82, 2.24) is 9.80 Å². The molecule has 0 spiro atoms. The van der Waals surface area contributed by atoms with E-state index in [4.69, 9.17) is 5.73 Å². The smallest absolute Gasteiger partial charge is 0.225 e. The molecule has 1 fully saturated rings. The summed E-state index contributed by atoms with van der Waals surface area (Å²) in [6, 6.07) is 0. The lowest BCUT2D eigenvalue weighted by molar-refractivity contribution is -0.137. The van der Waals surface area contributed by atoms with Gasteiger partial charge in [-0.15, -0.1) is 0 Å². The molecule has 0 aromatic carbocycles. The van der Waals surface area contributed by atoms with Crippen LogP contribution in [0.15, 0.2) is 0 Å². The minimum Gasteiger partial charge on any atom is -0.340 e. The summed E-state index contributed by atoms with van der Waals surface area (Å²) >= 11 is 0. The normalized spacial score (nSPS) is 19.4. The second-order valence-electron chi connectivity index (χ2n) is 5.05. The minimum atomic E-state index is 0.201. The van der Waals surface area contributed by atoms with E-state index in [1.807, 2.05) is 4.90 Å². The predicted molar refractivity (Wildman–Crippen MR) is 70.8 cm³/mol. The van der Waals surface area contributed by atoms with E-state index in [1.54, 1.807) is 0 Å². The van der Waals surface area contributed by atoms with E-state index in [1.165, 1.54) is 0 Å². The van der Waals surface area contributed by atoms with Gasteiger partial charge in [-0.3, -0.25) is 4.79 Å². The highest BCUT2D eigenvalue weighted by Crippen LogP contribution is 2.17. The fourth-order valence-electron chi connectivity index (χ4n) is 2.39. The Morgan fingerprint density at radius 2 is 1.88 bits per heavy atom. The van der Waals surface area contributed by atoms with Crippen molar-refractivity contribution in [2.45, 2.75) is 32.6 Å². The molecule has 1 heterocycles. The van der Waals surface area contributed by atoms with Gasteiger partial charge in [0, 0.05) is 32.1 Å². The van der Waals surface area contributed by atoms with E-state index in [-0.39, 0.29) is 5.92 Å². The van der Waals surface area contributed by atoms with Crippen LogP contribution in [0.4, 0.5) is 0 Å². The van der Waals surface area contributed by atoms with E-state index in [2.05, 4.69) is 18.9 Å². The van der Waals surface area contributed by atoms with Gasteiger partial charge in [-0.05, 0) is 32.9 Å². The number of amides is 1. The number of carbonyl (C=O) groups excluding carboxylic acids is 1. The zero-order valence-corrected chi connectivity index (χ0v) is 11.3. The topological polar surface area (TPSA) is 49.6 Å². The lowest BCUT2D eigenvalue weighted by Gasteiger charge is -2.34. The summed E-state index contributed by atoms with van der Waals surface area (Å²) in [4.78, 5) is 16.7. The van der Waals surface area contributed by atoms with Crippen LogP contribution in [0.1, 0.15) is 32.6 Å². The van der Waals surface area contributed by atoms with E-state index >= 15 is 0 Å². The Hall–Kier alpha value is -0.610. The summed E-state index contributed by atoms with van der Waals surface area (Å²) in [5, 5.41) is 0. The van der Waals surface area contributed by atoms with Crippen LogP contribution >= 0.6 is 0 Å². The molecule has 1 rings (SSSR count). The third kappa shape index (κ3) is 4.64. The van der Waals surface area contributed by atoms with Gasteiger partial charge in [0.2, 0.25) is 5.91 Å². The fraction of sp³-hybridized carbons (Fsp3) is 0.923. The maximum absolute atomic E-state index is 12.4. The third-order valence-corrected chi connectivity index (χ3v) is 3.56. The predicted octanol–water partition coefficient (Wildman–Crippen LogP) is 0.916. The number of hydrogen-bond acceptors (Lipinski definition) is 3. The van der Waals surface area contributed by atoms with Gasteiger partial charge in [0.1, 0.15) is 0 Å². The van der Waals surface area contributed by atoms with E-state index in [0.717, 1.165) is 51.9 Å². The van der Waals surface area contributed by atoms with E-state index < -0.39 is 0 Å². The molecule has 1 amide bonds. The van der Waals surface area contributed by atoms with Crippen molar-refractivity contribution in [3.05, 3.63) is 0 Å². The monoisotopic (exact) mass is 241 g/mol. The Labute approximate surface area is 105 Å². The van der Waals surface area contributed by atoms with Crippen molar-refractivity contribution < 1.29 is 4.79 Å². The van der Waals surface area contributed by atoms with Crippen LogP contribution in [0.2, 0.25) is 0 Å². The number of carbonyl (C=O) groups is 1. The molecule has 0 aromatic rings. The average Bonchev–Trinajstić information content (AvgIpc) is 2.34. The van der Waals surface area contributed by atoms with Gasteiger partial charge < -0.3 is 15.5 Å². The highest BCUT2D eigenvalue weighted by Gasteiger charge is 2.25. The lowest BCUT2D eigenvalue weighted by atomic mass is 9.96. The Morgan fingerprint density at radius 3 is 2.41 bits per heavy atom. The zero-order chi connectivity index (χ0) is 12.7. The molecule has 0 aliphatic carbocycles. The second kappa shape index (κ2) is 7.67. The number of hydrogen-bond donors (Lipinski definition) is 1. The number of rotatable bonds is 6. The molecule has 1 atom stereocenters. The first-order chi connectivity index (χ1) is 8.19. The Morgan fingerprint density at radius 1 is 1.24 bits per heavy atom. The summed E-state index contributed by atoms with van der Waals surface area (Å²) in [5.74, 6) is 0.556. The third-order valence-electron chi connectivity index (χ3n) is 3.56. The van der Waals surface area contributed by atoms with Crippen molar-refractivity contribution in [2.75, 3.05) is 39.8 Å². The summed E-state index contributed by atoms with van der Waals surface area (Å²) in [6.45, 7) is 6.61. The molecule has 0 bridgehead atoms. The number of likely N-dealkylation sites (N-methyl/N-ethyl adjacent to an activating group) is 1. The first kappa shape index (κ1) is 14.5. The highest BCUT2D eigenvalue weighted by molar-refractivity contribution is 5.78. The first-order valence-corrected chi connectivity index (χ1v) is 6.86. The van der Waals surface area contributed by atoms with Crippen molar-refractivity contribution in [3.63, 3.8) is 0 Å². The van der Waals surface area contributed by atoms with Gasteiger partial charge >= 0.3 is 0 Å². The van der Waals surface area contributed by atoms with Crippen LogP contribution in [0, 0.1) is 5.92 Å². The number of piperazine rings is 1. The minimum absolute atomic E-state index is 0.201. The summed E-state index contributed by atoms with van der Waals surface area (Å²) < 4.78 is 0. The Kier molecular flexibility index (Phi) is 6.52. The maximum Gasteiger partial charge on any atom is 0.225 e. The largest absolute Gasteiger partial charge is 0.340 e. The van der Waals surface area contributed by atoms with Gasteiger partial charge in [0.25, 0.3) is 0 Å². The molecular formula is C13H27N3O. The summed E-state index contributed by atoms with van der Waals surface area (Å²) in [5.41, 5.74) is 5.54. The van der Waals surface area contributed by atoms with E-state index in [9.17, 15) is 4.79 Å². The fourth-order valence-corrected chi connectivity index (χ4v) is 2.39. The van der Waals surface area contributed by atoms with Gasteiger partial charge in [0.05, 0.1) is 0 Å². The van der Waals surface area contributed by atoms with Crippen LogP contribution in [-0.2, 0) is 4.79 Å². The van der Waals surface area contributed by atoms with Gasteiger partial charge in [-0.25, -0.2) is 0 Å². The quantitative estimate of drug-likeness (QED) is 0.752. The van der Waals surface area contributed by atoms with Crippen molar-refractivity contribution >= 4 is 5.91 Å². The molecule has 2 N–H and O–H groups in total. The molecule has 1 aliphatic rings. The molecule has 0 radical (unpaired) electrons. The molecule has 4 nitrogen and oxygen atoms in total.